The fourth-order valence-electron chi connectivity index (χ4n) is 2.60. The normalized spacial score (nSPS) is 10.8. The van der Waals surface area contributed by atoms with Crippen molar-refractivity contribution < 1.29 is 4.52 Å². The fourth-order valence-corrected chi connectivity index (χ4v) is 2.60. The quantitative estimate of drug-likeness (QED) is 0.581. The Morgan fingerprint density at radius 1 is 0.880 bits per heavy atom. The van der Waals surface area contributed by atoms with E-state index in [1.165, 1.54) is 0 Å². The summed E-state index contributed by atoms with van der Waals surface area (Å²) in [7, 11) is 0. The van der Waals surface area contributed by atoms with Crippen LogP contribution in [0.25, 0.3) is 10.9 Å². The zero-order valence-corrected chi connectivity index (χ0v) is 13.8. The van der Waals surface area contributed by atoms with Gasteiger partial charge in [-0.1, -0.05) is 23.4 Å². The molecule has 4 rings (SSSR count). The SMILES string of the molecule is Cc1nc(Nc2cc(C)on2)cc(Nc2cccc3cccnc23)n1. The van der Waals surface area contributed by atoms with Crippen LogP contribution in [0.4, 0.5) is 23.1 Å². The molecule has 0 atom stereocenters. The van der Waals surface area contributed by atoms with Gasteiger partial charge in [0.05, 0.1) is 11.2 Å². The standard InChI is InChI=1S/C18H16N6O/c1-11-9-17(24-25-11)23-16-10-15(20-12(2)21-16)22-14-7-3-5-13-6-4-8-19-18(13)14/h3-10H,1-2H3,(H2,20,21,22,23,24). The molecule has 0 aliphatic rings. The molecule has 7 nitrogen and oxygen atoms in total. The molecule has 2 N–H and O–H groups in total. The van der Waals surface area contributed by atoms with Gasteiger partial charge >= 0.3 is 0 Å². The van der Waals surface area contributed by atoms with Crippen LogP contribution in [0.2, 0.25) is 0 Å². The summed E-state index contributed by atoms with van der Waals surface area (Å²) in [6, 6.07) is 13.6. The van der Waals surface area contributed by atoms with Crippen molar-refractivity contribution in [2.24, 2.45) is 0 Å². The molecule has 0 bridgehead atoms. The number of hydrogen-bond donors (Lipinski definition) is 2. The molecule has 7 heteroatoms. The molecule has 0 fully saturated rings. The average molecular weight is 332 g/mol. The highest BCUT2D eigenvalue weighted by Crippen LogP contribution is 2.25. The van der Waals surface area contributed by atoms with Gasteiger partial charge in [-0.25, -0.2) is 9.97 Å². The third-order valence-electron chi connectivity index (χ3n) is 3.62. The molecule has 0 spiro atoms. The first-order valence-corrected chi connectivity index (χ1v) is 7.84. The van der Waals surface area contributed by atoms with Gasteiger partial charge < -0.3 is 15.2 Å². The molecule has 25 heavy (non-hydrogen) atoms. The summed E-state index contributed by atoms with van der Waals surface area (Å²) in [5.41, 5.74) is 1.78. The number of benzene rings is 1. The number of aromatic nitrogens is 4. The van der Waals surface area contributed by atoms with Crippen LogP contribution < -0.4 is 10.6 Å². The first-order chi connectivity index (χ1) is 12.2. The lowest BCUT2D eigenvalue weighted by Gasteiger charge is -2.10. The van der Waals surface area contributed by atoms with Gasteiger partial charge in [0.2, 0.25) is 0 Å². The molecule has 0 saturated carbocycles. The molecular formula is C18H16N6O. The zero-order valence-electron chi connectivity index (χ0n) is 13.8. The number of pyridine rings is 1. The Hall–Kier alpha value is -3.48. The van der Waals surface area contributed by atoms with Gasteiger partial charge in [0.1, 0.15) is 23.2 Å². The maximum Gasteiger partial charge on any atom is 0.175 e. The highest BCUT2D eigenvalue weighted by atomic mass is 16.5. The molecule has 124 valence electrons. The van der Waals surface area contributed by atoms with Crippen LogP contribution in [0, 0.1) is 13.8 Å². The number of aryl methyl sites for hydroxylation is 2. The Morgan fingerprint density at radius 2 is 1.68 bits per heavy atom. The molecule has 1 aromatic carbocycles. The van der Waals surface area contributed by atoms with Crippen molar-refractivity contribution in [1.82, 2.24) is 20.1 Å². The highest BCUT2D eigenvalue weighted by Gasteiger charge is 2.07. The number of hydrogen-bond acceptors (Lipinski definition) is 7. The minimum Gasteiger partial charge on any atom is -0.360 e. The molecule has 4 aromatic rings. The van der Waals surface area contributed by atoms with E-state index in [1.807, 2.05) is 50.2 Å². The highest BCUT2D eigenvalue weighted by molar-refractivity contribution is 5.91. The zero-order chi connectivity index (χ0) is 17.2. The molecular weight excluding hydrogens is 316 g/mol. The van der Waals surface area contributed by atoms with Gasteiger partial charge in [0.25, 0.3) is 0 Å². The van der Waals surface area contributed by atoms with E-state index in [2.05, 4.69) is 30.7 Å². The van der Waals surface area contributed by atoms with Crippen LogP contribution in [0.3, 0.4) is 0 Å². The van der Waals surface area contributed by atoms with Crippen molar-refractivity contribution in [2.45, 2.75) is 13.8 Å². The van der Waals surface area contributed by atoms with E-state index in [0.29, 0.717) is 23.3 Å². The Labute approximate surface area is 144 Å². The van der Waals surface area contributed by atoms with E-state index >= 15 is 0 Å². The van der Waals surface area contributed by atoms with Gasteiger partial charge in [-0.3, -0.25) is 4.98 Å². The molecule has 0 radical (unpaired) electrons. The maximum atomic E-state index is 5.06. The van der Waals surface area contributed by atoms with Gasteiger partial charge in [0, 0.05) is 23.7 Å². The lowest BCUT2D eigenvalue weighted by molar-refractivity contribution is 0.400. The first-order valence-electron chi connectivity index (χ1n) is 7.84. The number of rotatable bonds is 4. The van der Waals surface area contributed by atoms with E-state index in [4.69, 9.17) is 4.52 Å². The molecule has 0 aliphatic carbocycles. The van der Waals surface area contributed by atoms with Crippen molar-refractivity contribution >= 4 is 34.0 Å². The van der Waals surface area contributed by atoms with Crippen LogP contribution in [0.15, 0.2) is 53.2 Å². The lowest BCUT2D eigenvalue weighted by atomic mass is 10.2. The topological polar surface area (TPSA) is 88.8 Å². The van der Waals surface area contributed by atoms with Gasteiger partial charge in [0.15, 0.2) is 5.82 Å². The summed E-state index contributed by atoms with van der Waals surface area (Å²) in [6.07, 6.45) is 1.78. The van der Waals surface area contributed by atoms with Gasteiger partial charge in [-0.05, 0) is 26.0 Å². The Morgan fingerprint density at radius 3 is 2.48 bits per heavy atom. The molecule has 0 saturated heterocycles. The van der Waals surface area contributed by atoms with E-state index < -0.39 is 0 Å². The summed E-state index contributed by atoms with van der Waals surface area (Å²) in [6.45, 7) is 3.68. The average Bonchev–Trinajstić information content (AvgIpc) is 2.99. The van der Waals surface area contributed by atoms with Crippen molar-refractivity contribution in [3.63, 3.8) is 0 Å². The molecule has 0 aliphatic heterocycles. The Balaban J connectivity index is 1.66. The number of fused-ring (bicyclic) bond motifs is 1. The van der Waals surface area contributed by atoms with Crippen LogP contribution in [0.1, 0.15) is 11.6 Å². The molecule has 0 unspecified atom stereocenters. The second kappa shape index (κ2) is 6.20. The van der Waals surface area contributed by atoms with Gasteiger partial charge in [-0.2, -0.15) is 0 Å². The minimum atomic E-state index is 0.605. The maximum absolute atomic E-state index is 5.06. The smallest absolute Gasteiger partial charge is 0.175 e. The summed E-state index contributed by atoms with van der Waals surface area (Å²) >= 11 is 0. The van der Waals surface area contributed by atoms with E-state index in [-0.39, 0.29) is 0 Å². The monoisotopic (exact) mass is 332 g/mol. The van der Waals surface area contributed by atoms with Crippen molar-refractivity contribution in [3.05, 3.63) is 60.2 Å². The van der Waals surface area contributed by atoms with E-state index in [0.717, 1.165) is 22.4 Å². The second-order valence-corrected chi connectivity index (χ2v) is 5.64. The lowest BCUT2D eigenvalue weighted by Crippen LogP contribution is -2.02. The first kappa shape index (κ1) is 15.1. The Kier molecular flexibility index (Phi) is 3.74. The van der Waals surface area contributed by atoms with Gasteiger partial charge in [-0.15, -0.1) is 0 Å². The summed E-state index contributed by atoms with van der Waals surface area (Å²) in [5.74, 6) is 3.28. The van der Waals surface area contributed by atoms with Crippen molar-refractivity contribution in [2.75, 3.05) is 10.6 Å². The predicted molar refractivity (Wildman–Crippen MR) is 96.3 cm³/mol. The van der Waals surface area contributed by atoms with Crippen LogP contribution in [-0.2, 0) is 0 Å². The number of para-hydroxylation sites is 1. The largest absolute Gasteiger partial charge is 0.360 e. The summed E-state index contributed by atoms with van der Waals surface area (Å²) in [4.78, 5) is 13.3. The molecule has 0 amide bonds. The van der Waals surface area contributed by atoms with Crippen LogP contribution in [-0.4, -0.2) is 20.1 Å². The number of nitrogens with one attached hydrogen (secondary N) is 2. The predicted octanol–water partition coefficient (Wildman–Crippen LogP) is 4.12. The fraction of sp³-hybridized carbons (Fsp3) is 0.111. The minimum absolute atomic E-state index is 0.605. The summed E-state index contributed by atoms with van der Waals surface area (Å²) in [5, 5.41) is 11.4. The Bertz CT molecular complexity index is 1040. The molecule has 3 heterocycles. The van der Waals surface area contributed by atoms with Crippen LogP contribution in [0.5, 0.6) is 0 Å². The third kappa shape index (κ3) is 3.25. The third-order valence-corrected chi connectivity index (χ3v) is 3.62. The van der Waals surface area contributed by atoms with E-state index in [1.54, 1.807) is 12.3 Å². The van der Waals surface area contributed by atoms with E-state index in [9.17, 15) is 0 Å². The second-order valence-electron chi connectivity index (χ2n) is 5.64. The van der Waals surface area contributed by atoms with Crippen molar-refractivity contribution in [3.8, 4) is 0 Å². The number of nitrogens with zero attached hydrogens (tertiary/aromatic N) is 4. The van der Waals surface area contributed by atoms with Crippen molar-refractivity contribution in [1.29, 1.82) is 0 Å². The summed E-state index contributed by atoms with van der Waals surface area (Å²) < 4.78 is 5.06. The number of anilines is 4. The van der Waals surface area contributed by atoms with Crippen LogP contribution >= 0.6 is 0 Å². The molecule has 3 aromatic heterocycles.